The smallest absolute Gasteiger partial charge is 0.0142 e. The van der Waals surface area contributed by atoms with Crippen LogP contribution in [0.3, 0.4) is 0 Å². The molecule has 0 aromatic heterocycles. The fourth-order valence-corrected chi connectivity index (χ4v) is 3.83. The highest BCUT2D eigenvalue weighted by atomic mass is 14.9. The number of rotatable bonds is 5. The minimum atomic E-state index is 0.595. The minimum absolute atomic E-state index is 0.595. The van der Waals surface area contributed by atoms with E-state index in [4.69, 9.17) is 0 Å². The molecule has 116 valence electrons. The van der Waals surface area contributed by atoms with Crippen molar-refractivity contribution in [2.75, 3.05) is 6.54 Å². The van der Waals surface area contributed by atoms with E-state index in [9.17, 15) is 0 Å². The van der Waals surface area contributed by atoms with Crippen molar-refractivity contribution >= 4 is 0 Å². The van der Waals surface area contributed by atoms with E-state index in [2.05, 4.69) is 67.7 Å². The number of aryl methyl sites for hydroxylation is 1. The molecule has 1 heteroatoms. The summed E-state index contributed by atoms with van der Waals surface area (Å²) in [5.41, 5.74) is 6.08. The van der Waals surface area contributed by atoms with E-state index in [1.54, 1.807) is 11.1 Å². The summed E-state index contributed by atoms with van der Waals surface area (Å²) in [6.45, 7) is 5.63. The molecule has 0 saturated heterocycles. The third-order valence-electron chi connectivity index (χ3n) is 4.99. The summed E-state index contributed by atoms with van der Waals surface area (Å²) in [6.07, 6.45) is 4.82. The van der Waals surface area contributed by atoms with Crippen molar-refractivity contribution in [3.63, 3.8) is 0 Å². The number of fused-ring (bicyclic) bond motifs is 1. The first-order chi connectivity index (χ1) is 10.8. The molecule has 2 atom stereocenters. The van der Waals surface area contributed by atoms with Crippen LogP contribution in [-0.2, 0) is 12.8 Å². The molecule has 3 rings (SSSR count). The molecule has 0 amide bonds. The average molecular weight is 293 g/mol. The van der Waals surface area contributed by atoms with Crippen LogP contribution >= 0.6 is 0 Å². The highest BCUT2D eigenvalue weighted by molar-refractivity contribution is 5.41. The highest BCUT2D eigenvalue weighted by Gasteiger charge is 2.29. The van der Waals surface area contributed by atoms with Crippen molar-refractivity contribution in [2.45, 2.75) is 51.5 Å². The van der Waals surface area contributed by atoms with Crippen molar-refractivity contribution in [1.29, 1.82) is 0 Å². The first-order valence-corrected chi connectivity index (χ1v) is 8.65. The zero-order valence-corrected chi connectivity index (χ0v) is 13.8. The lowest BCUT2D eigenvalue weighted by molar-refractivity contribution is 0.384. The molecule has 2 aromatic rings. The Hall–Kier alpha value is -1.60. The van der Waals surface area contributed by atoms with Gasteiger partial charge in [0.25, 0.3) is 0 Å². The maximum Gasteiger partial charge on any atom is 0.0142 e. The Morgan fingerprint density at radius 3 is 2.64 bits per heavy atom. The molecule has 1 aliphatic carbocycles. The summed E-state index contributed by atoms with van der Waals surface area (Å²) in [6, 6.07) is 18.4. The lowest BCUT2D eigenvalue weighted by Gasteiger charge is -2.35. The summed E-state index contributed by atoms with van der Waals surface area (Å²) < 4.78 is 0. The molecule has 2 aromatic carbocycles. The van der Waals surface area contributed by atoms with Gasteiger partial charge in [-0.3, -0.25) is 0 Å². The second kappa shape index (κ2) is 7.11. The van der Waals surface area contributed by atoms with Crippen LogP contribution in [0.1, 0.15) is 47.9 Å². The van der Waals surface area contributed by atoms with Gasteiger partial charge in [-0.2, -0.15) is 0 Å². The molecule has 0 aliphatic heterocycles. The number of benzene rings is 2. The SMILES string of the molecule is CCCNC1CCc2c(C)cccc2C1Cc1ccccc1. The topological polar surface area (TPSA) is 12.0 Å². The summed E-state index contributed by atoms with van der Waals surface area (Å²) in [5, 5.41) is 3.80. The van der Waals surface area contributed by atoms with Crippen LogP contribution < -0.4 is 5.32 Å². The quantitative estimate of drug-likeness (QED) is 0.847. The summed E-state index contributed by atoms with van der Waals surface area (Å²) in [5.74, 6) is 0.595. The van der Waals surface area contributed by atoms with E-state index in [1.807, 2.05) is 0 Å². The second-order valence-electron chi connectivity index (χ2n) is 6.54. The van der Waals surface area contributed by atoms with Crippen molar-refractivity contribution in [3.8, 4) is 0 Å². The molecular formula is C21H27N. The largest absolute Gasteiger partial charge is 0.313 e. The number of hydrogen-bond acceptors (Lipinski definition) is 1. The van der Waals surface area contributed by atoms with Gasteiger partial charge in [0.05, 0.1) is 0 Å². The normalized spacial score (nSPS) is 20.6. The Kier molecular flexibility index (Phi) is 4.94. The van der Waals surface area contributed by atoms with Gasteiger partial charge in [-0.05, 0) is 61.4 Å². The number of hydrogen-bond donors (Lipinski definition) is 1. The van der Waals surface area contributed by atoms with Crippen LogP contribution in [0.2, 0.25) is 0 Å². The Morgan fingerprint density at radius 2 is 1.86 bits per heavy atom. The van der Waals surface area contributed by atoms with E-state index >= 15 is 0 Å². The lowest BCUT2D eigenvalue weighted by atomic mass is 9.75. The Bertz CT molecular complexity index is 603. The second-order valence-corrected chi connectivity index (χ2v) is 6.54. The maximum atomic E-state index is 3.80. The first-order valence-electron chi connectivity index (χ1n) is 8.65. The van der Waals surface area contributed by atoms with Gasteiger partial charge in [0.1, 0.15) is 0 Å². The Balaban J connectivity index is 1.91. The van der Waals surface area contributed by atoms with Crippen molar-refractivity contribution in [3.05, 3.63) is 70.8 Å². The zero-order valence-electron chi connectivity index (χ0n) is 13.8. The predicted molar refractivity (Wildman–Crippen MR) is 94.5 cm³/mol. The van der Waals surface area contributed by atoms with Gasteiger partial charge >= 0.3 is 0 Å². The Labute approximate surface area is 134 Å². The van der Waals surface area contributed by atoms with Gasteiger partial charge in [0.15, 0.2) is 0 Å². The zero-order chi connectivity index (χ0) is 15.4. The van der Waals surface area contributed by atoms with E-state index in [0.717, 1.165) is 13.0 Å². The van der Waals surface area contributed by atoms with Crippen LogP contribution in [0, 0.1) is 6.92 Å². The molecule has 0 heterocycles. The molecule has 1 nitrogen and oxygen atoms in total. The monoisotopic (exact) mass is 293 g/mol. The standard InChI is InChI=1S/C21H27N/c1-3-14-22-21-13-12-18-16(2)8-7-11-19(18)20(21)15-17-9-5-4-6-10-17/h4-11,20-22H,3,12-15H2,1-2H3. The van der Waals surface area contributed by atoms with E-state index in [1.165, 1.54) is 30.4 Å². The van der Waals surface area contributed by atoms with E-state index < -0.39 is 0 Å². The van der Waals surface area contributed by atoms with Crippen molar-refractivity contribution in [1.82, 2.24) is 5.32 Å². The van der Waals surface area contributed by atoms with Gasteiger partial charge in [-0.25, -0.2) is 0 Å². The van der Waals surface area contributed by atoms with Gasteiger partial charge in [-0.15, -0.1) is 0 Å². The van der Waals surface area contributed by atoms with Crippen molar-refractivity contribution in [2.24, 2.45) is 0 Å². The molecule has 1 aliphatic rings. The van der Waals surface area contributed by atoms with Gasteiger partial charge in [0.2, 0.25) is 0 Å². The molecule has 1 N–H and O–H groups in total. The molecular weight excluding hydrogens is 266 g/mol. The first kappa shape index (κ1) is 15.3. The van der Waals surface area contributed by atoms with Gasteiger partial charge < -0.3 is 5.32 Å². The van der Waals surface area contributed by atoms with Crippen LogP contribution in [0.25, 0.3) is 0 Å². The number of nitrogens with one attached hydrogen (secondary N) is 1. The third-order valence-corrected chi connectivity index (χ3v) is 4.99. The fraction of sp³-hybridized carbons (Fsp3) is 0.429. The van der Waals surface area contributed by atoms with Crippen LogP contribution in [-0.4, -0.2) is 12.6 Å². The lowest BCUT2D eigenvalue weighted by Crippen LogP contribution is -2.40. The van der Waals surface area contributed by atoms with Crippen LogP contribution in [0.5, 0.6) is 0 Å². The molecule has 0 bridgehead atoms. The molecule has 0 fully saturated rings. The third kappa shape index (κ3) is 3.25. The van der Waals surface area contributed by atoms with Crippen LogP contribution in [0.15, 0.2) is 48.5 Å². The molecule has 22 heavy (non-hydrogen) atoms. The fourth-order valence-electron chi connectivity index (χ4n) is 3.83. The highest BCUT2D eigenvalue weighted by Crippen LogP contribution is 2.36. The van der Waals surface area contributed by atoms with Gasteiger partial charge in [0, 0.05) is 12.0 Å². The predicted octanol–water partition coefficient (Wildman–Crippen LogP) is 4.64. The summed E-state index contributed by atoms with van der Waals surface area (Å²) in [7, 11) is 0. The molecule has 0 radical (unpaired) electrons. The minimum Gasteiger partial charge on any atom is -0.313 e. The molecule has 0 spiro atoms. The molecule has 0 saturated carbocycles. The molecule has 2 unspecified atom stereocenters. The average Bonchev–Trinajstić information content (AvgIpc) is 2.55. The van der Waals surface area contributed by atoms with E-state index in [0.29, 0.717) is 12.0 Å². The maximum absolute atomic E-state index is 3.80. The Morgan fingerprint density at radius 1 is 1.05 bits per heavy atom. The van der Waals surface area contributed by atoms with Gasteiger partial charge in [-0.1, -0.05) is 55.5 Å². The summed E-state index contributed by atoms with van der Waals surface area (Å²) >= 11 is 0. The summed E-state index contributed by atoms with van der Waals surface area (Å²) in [4.78, 5) is 0. The van der Waals surface area contributed by atoms with Crippen molar-refractivity contribution < 1.29 is 0 Å². The van der Waals surface area contributed by atoms with Crippen LogP contribution in [0.4, 0.5) is 0 Å². The van der Waals surface area contributed by atoms with E-state index in [-0.39, 0.29) is 0 Å².